The summed E-state index contributed by atoms with van der Waals surface area (Å²) in [6, 6.07) is -0.409. The van der Waals surface area contributed by atoms with Gasteiger partial charge in [-0.2, -0.15) is 23.0 Å². The summed E-state index contributed by atoms with van der Waals surface area (Å²) in [4.78, 5) is 27.7. The molecule has 1 aromatic heterocycles. The molecule has 3 rings (SSSR count). The second kappa shape index (κ2) is 10.1. The van der Waals surface area contributed by atoms with Gasteiger partial charge in [0.1, 0.15) is 0 Å². The molecule has 1 N–H and O–H groups in total. The first-order chi connectivity index (χ1) is 15.4. The Kier molecular flexibility index (Phi) is 7.80. The van der Waals surface area contributed by atoms with Crippen molar-refractivity contribution >= 4 is 35.2 Å². The van der Waals surface area contributed by atoms with Crippen LogP contribution in [0, 0.1) is 5.41 Å². The van der Waals surface area contributed by atoms with Crippen molar-refractivity contribution < 1.29 is 27.9 Å². The van der Waals surface area contributed by atoms with Crippen LogP contribution < -0.4 is 0 Å². The molecule has 12 heteroatoms. The number of carbonyl (C=O) groups excluding carboxylic acids is 1. The zero-order valence-electron chi connectivity index (χ0n) is 18.0. The molecule has 0 unspecified atom stereocenters. The van der Waals surface area contributed by atoms with Crippen molar-refractivity contribution in [3.63, 3.8) is 0 Å². The number of amides is 1. The monoisotopic (exact) mass is 508 g/mol. The number of hydrogen-bond donors (Lipinski definition) is 1. The normalized spacial score (nSPS) is 20.0. The van der Waals surface area contributed by atoms with Crippen LogP contribution in [0.3, 0.4) is 0 Å². The van der Waals surface area contributed by atoms with E-state index in [1.54, 1.807) is 11.0 Å². The SMILES string of the molecule is C/C(=C\C(Cl)=C/CC(F)(F)F)CN1CCC2(CCN(C(=O)n3cc(Cl)c(C(=O)O)n3)CC2)C1. The molecular formula is C21H25Cl2F3N4O3. The predicted octanol–water partition coefficient (Wildman–Crippen LogP) is 5.01. The molecule has 1 amide bonds. The van der Waals surface area contributed by atoms with Crippen LogP contribution >= 0.6 is 23.2 Å². The Bertz CT molecular complexity index is 966. The molecule has 2 saturated heterocycles. The van der Waals surface area contributed by atoms with Crippen LogP contribution in [-0.2, 0) is 0 Å². The van der Waals surface area contributed by atoms with E-state index < -0.39 is 24.6 Å². The average Bonchev–Trinajstić information content (AvgIpc) is 3.29. The minimum atomic E-state index is -4.28. The number of rotatable bonds is 5. The van der Waals surface area contributed by atoms with E-state index in [9.17, 15) is 22.8 Å². The highest BCUT2D eigenvalue weighted by Crippen LogP contribution is 2.40. The first-order valence-electron chi connectivity index (χ1n) is 10.5. The number of nitrogens with zero attached hydrogens (tertiary/aromatic N) is 4. The zero-order chi connectivity index (χ0) is 24.4. The summed E-state index contributed by atoms with van der Waals surface area (Å²) in [7, 11) is 0. The molecule has 0 aliphatic carbocycles. The Morgan fingerprint density at radius 1 is 1.24 bits per heavy atom. The van der Waals surface area contributed by atoms with Gasteiger partial charge in [0.05, 0.1) is 17.6 Å². The van der Waals surface area contributed by atoms with E-state index in [1.165, 1.54) is 6.20 Å². The number of carboxylic acids is 1. The Morgan fingerprint density at radius 2 is 1.88 bits per heavy atom. The van der Waals surface area contributed by atoms with Crippen LogP contribution in [0.4, 0.5) is 18.0 Å². The molecule has 7 nitrogen and oxygen atoms in total. The maximum atomic E-state index is 12.7. The third-order valence-corrected chi connectivity index (χ3v) is 6.61. The lowest BCUT2D eigenvalue weighted by atomic mass is 9.78. The fourth-order valence-electron chi connectivity index (χ4n) is 4.39. The molecule has 0 bridgehead atoms. The molecular weight excluding hydrogens is 484 g/mol. The van der Waals surface area contributed by atoms with Crippen LogP contribution in [0.25, 0.3) is 0 Å². The maximum Gasteiger partial charge on any atom is 0.392 e. The van der Waals surface area contributed by atoms with Gasteiger partial charge < -0.3 is 10.0 Å². The van der Waals surface area contributed by atoms with Gasteiger partial charge in [-0.15, -0.1) is 0 Å². The van der Waals surface area contributed by atoms with Crippen molar-refractivity contribution in [3.05, 3.63) is 39.7 Å². The minimum Gasteiger partial charge on any atom is -0.476 e. The number of carboxylic acid groups (broad SMARTS) is 1. The van der Waals surface area contributed by atoms with Crippen LogP contribution in [0.1, 0.15) is 43.1 Å². The molecule has 33 heavy (non-hydrogen) atoms. The molecule has 0 saturated carbocycles. The summed E-state index contributed by atoms with van der Waals surface area (Å²) in [5, 5.41) is 12.8. The van der Waals surface area contributed by atoms with Gasteiger partial charge in [-0.1, -0.05) is 34.9 Å². The van der Waals surface area contributed by atoms with Gasteiger partial charge in [-0.3, -0.25) is 4.90 Å². The minimum absolute atomic E-state index is 0.0704. The van der Waals surface area contributed by atoms with Crippen molar-refractivity contribution in [2.24, 2.45) is 5.41 Å². The molecule has 1 spiro atoms. The van der Waals surface area contributed by atoms with E-state index >= 15 is 0 Å². The number of aromatic nitrogens is 2. The smallest absolute Gasteiger partial charge is 0.392 e. The predicted molar refractivity (Wildman–Crippen MR) is 118 cm³/mol. The second-order valence-electron chi connectivity index (χ2n) is 8.70. The van der Waals surface area contributed by atoms with Crippen molar-refractivity contribution in [1.82, 2.24) is 19.6 Å². The van der Waals surface area contributed by atoms with Gasteiger partial charge >= 0.3 is 18.2 Å². The number of likely N-dealkylation sites (tertiary alicyclic amines) is 2. The van der Waals surface area contributed by atoms with Crippen LogP contribution in [0.15, 0.2) is 29.0 Å². The largest absolute Gasteiger partial charge is 0.476 e. The summed E-state index contributed by atoms with van der Waals surface area (Å²) in [5.41, 5.74) is 0.593. The molecule has 0 aromatic carbocycles. The molecule has 182 valence electrons. The van der Waals surface area contributed by atoms with Crippen LogP contribution in [-0.4, -0.2) is 75.6 Å². The lowest BCUT2D eigenvalue weighted by Crippen LogP contribution is -2.46. The molecule has 1 aromatic rings. The number of piperidine rings is 1. The fraction of sp³-hybridized carbons (Fsp3) is 0.571. The summed E-state index contributed by atoms with van der Waals surface area (Å²) in [6.45, 7) is 5.20. The highest BCUT2D eigenvalue weighted by molar-refractivity contribution is 6.33. The highest BCUT2D eigenvalue weighted by Gasteiger charge is 2.41. The van der Waals surface area contributed by atoms with E-state index in [-0.39, 0.29) is 21.2 Å². The lowest BCUT2D eigenvalue weighted by Gasteiger charge is -2.39. The standard InChI is InChI=1S/C21H25Cl2F3N4O3/c1-14(10-15(22)2-3-21(24,25)26)11-28-7-4-20(13-28)5-8-29(9-6-20)19(33)30-12-16(23)17(27-30)18(31)32/h2,10,12H,3-9,11,13H2,1H3,(H,31,32)/b14-10+,15-2+. The highest BCUT2D eigenvalue weighted by atomic mass is 35.5. The van der Waals surface area contributed by atoms with E-state index in [2.05, 4.69) is 10.00 Å². The number of halogens is 5. The van der Waals surface area contributed by atoms with Gasteiger partial charge in [0.2, 0.25) is 0 Å². The molecule has 2 aliphatic rings. The van der Waals surface area contributed by atoms with Gasteiger partial charge in [0.25, 0.3) is 0 Å². The number of allylic oxidation sites excluding steroid dienone is 3. The number of alkyl halides is 3. The third kappa shape index (κ3) is 6.74. The maximum absolute atomic E-state index is 12.7. The summed E-state index contributed by atoms with van der Waals surface area (Å²) in [5.74, 6) is -1.29. The van der Waals surface area contributed by atoms with Gasteiger partial charge in [0, 0.05) is 31.2 Å². The van der Waals surface area contributed by atoms with E-state index in [1.807, 2.05) is 6.92 Å². The molecule has 0 radical (unpaired) electrons. The summed E-state index contributed by atoms with van der Waals surface area (Å²) < 4.78 is 37.9. The first-order valence-corrected chi connectivity index (χ1v) is 11.2. The lowest BCUT2D eigenvalue weighted by molar-refractivity contribution is -0.125. The van der Waals surface area contributed by atoms with Crippen molar-refractivity contribution in [2.75, 3.05) is 32.7 Å². The average molecular weight is 509 g/mol. The number of aromatic carboxylic acids is 1. The molecule has 3 heterocycles. The van der Waals surface area contributed by atoms with Gasteiger partial charge in [-0.05, 0) is 44.2 Å². The molecule has 2 aliphatic heterocycles. The Balaban J connectivity index is 1.52. The molecule has 0 atom stereocenters. The Hall–Kier alpha value is -2.04. The van der Waals surface area contributed by atoms with Gasteiger partial charge in [-0.25, -0.2) is 9.59 Å². The Labute approximate surface area is 199 Å². The molecule has 2 fully saturated rings. The zero-order valence-corrected chi connectivity index (χ0v) is 19.6. The summed E-state index contributed by atoms with van der Waals surface area (Å²) >= 11 is 11.8. The van der Waals surface area contributed by atoms with Crippen molar-refractivity contribution in [3.8, 4) is 0 Å². The van der Waals surface area contributed by atoms with E-state index in [0.717, 1.165) is 48.7 Å². The van der Waals surface area contributed by atoms with E-state index in [4.69, 9.17) is 28.3 Å². The summed E-state index contributed by atoms with van der Waals surface area (Å²) in [6.07, 6.45) is 0.975. The van der Waals surface area contributed by atoms with Crippen LogP contribution in [0.2, 0.25) is 5.02 Å². The van der Waals surface area contributed by atoms with Crippen molar-refractivity contribution in [1.29, 1.82) is 0 Å². The third-order valence-electron chi connectivity index (χ3n) is 6.07. The number of carbonyl (C=O) groups is 2. The quantitative estimate of drug-likeness (QED) is 0.565. The number of hydrogen-bond acceptors (Lipinski definition) is 4. The first kappa shape index (κ1) is 25.6. The van der Waals surface area contributed by atoms with E-state index in [0.29, 0.717) is 19.6 Å². The van der Waals surface area contributed by atoms with Crippen molar-refractivity contribution in [2.45, 2.75) is 38.8 Å². The topological polar surface area (TPSA) is 78.7 Å². The second-order valence-corrected chi connectivity index (χ2v) is 9.55. The van der Waals surface area contributed by atoms with Gasteiger partial charge in [0.15, 0.2) is 5.69 Å². The Morgan fingerprint density at radius 3 is 2.45 bits per heavy atom. The van der Waals surface area contributed by atoms with Crippen LogP contribution in [0.5, 0.6) is 0 Å². The fourth-order valence-corrected chi connectivity index (χ4v) is 4.86.